The van der Waals surface area contributed by atoms with Crippen LogP contribution in [0.15, 0.2) is 24.3 Å². The number of rotatable bonds is 8. The van der Waals surface area contributed by atoms with Gasteiger partial charge in [0.2, 0.25) is 0 Å². The molecule has 0 radical (unpaired) electrons. The van der Waals surface area contributed by atoms with Crippen molar-refractivity contribution in [3.63, 3.8) is 0 Å². The third kappa shape index (κ3) is 9.19. The zero-order chi connectivity index (χ0) is 21.4. The van der Waals surface area contributed by atoms with Gasteiger partial charge in [0.15, 0.2) is 11.5 Å². The summed E-state index contributed by atoms with van der Waals surface area (Å²) >= 11 is 0. The first-order chi connectivity index (χ1) is 12.9. The topological polar surface area (TPSA) is 156 Å². The number of methoxy groups -OCH3 is 1. The van der Waals surface area contributed by atoms with Crippen molar-refractivity contribution >= 4 is 33.9 Å². The lowest BCUT2D eigenvalue weighted by molar-refractivity contribution is 0.0532. The predicted molar refractivity (Wildman–Crippen MR) is 103 cm³/mol. The maximum Gasteiger partial charge on any atom is 0.407 e. The van der Waals surface area contributed by atoms with Gasteiger partial charge in [-0.1, -0.05) is 12.2 Å². The monoisotopic (exact) mass is 416 g/mol. The van der Waals surface area contributed by atoms with Gasteiger partial charge in [-0.05, 0) is 32.9 Å². The molecule has 0 fully saturated rings. The number of hydrogen-bond donors (Lipinski definition) is 4. The number of aromatic nitrogens is 1. The summed E-state index contributed by atoms with van der Waals surface area (Å²) < 4.78 is 42.5. The second-order valence-electron chi connectivity index (χ2n) is 6.40. The Hall–Kier alpha value is -2.86. The Kier molecular flexibility index (Phi) is 8.19. The number of hydrogen-bond acceptors (Lipinski definition) is 8. The summed E-state index contributed by atoms with van der Waals surface area (Å²) in [7, 11) is -3.44. The third-order valence-corrected chi connectivity index (χ3v) is 3.31. The molecule has 0 unspecified atom stereocenters. The molecule has 28 heavy (non-hydrogen) atoms. The fraction of sp³-hybridized carbons (Fsp3) is 0.438. The van der Waals surface area contributed by atoms with Gasteiger partial charge in [0.25, 0.3) is 0 Å². The van der Waals surface area contributed by atoms with Crippen LogP contribution in [0.5, 0.6) is 0 Å². The van der Waals surface area contributed by atoms with E-state index in [2.05, 4.69) is 20.4 Å². The number of carbonyl (C=O) groups excluding carboxylic acids is 2. The van der Waals surface area contributed by atoms with Crippen molar-refractivity contribution < 1.29 is 32.0 Å². The van der Waals surface area contributed by atoms with Crippen molar-refractivity contribution in [1.29, 1.82) is 0 Å². The molecule has 0 aromatic carbocycles. The van der Waals surface area contributed by atoms with Gasteiger partial charge in [0, 0.05) is 13.1 Å². The molecule has 0 bridgehead atoms. The molecule has 156 valence electrons. The summed E-state index contributed by atoms with van der Waals surface area (Å²) in [6.45, 7) is 5.74. The van der Waals surface area contributed by atoms with E-state index in [9.17, 15) is 18.0 Å². The molecule has 0 aliphatic heterocycles. The van der Waals surface area contributed by atoms with E-state index in [1.165, 1.54) is 12.1 Å². The van der Waals surface area contributed by atoms with E-state index in [0.29, 0.717) is 0 Å². The lowest BCUT2D eigenvalue weighted by Crippen LogP contribution is -2.32. The van der Waals surface area contributed by atoms with Crippen molar-refractivity contribution in [2.45, 2.75) is 26.4 Å². The summed E-state index contributed by atoms with van der Waals surface area (Å²) in [5.41, 5.74) is -0.513. The SMILES string of the molecule is COC(=O)c1ccc(NC/C=C/CNC(=O)OC(C)(C)C)c(NS(=O)(=O)O)n1. The number of alkyl carbamates (subject to hydrolysis) is 1. The van der Waals surface area contributed by atoms with Crippen molar-refractivity contribution in [2.24, 2.45) is 0 Å². The van der Waals surface area contributed by atoms with Gasteiger partial charge >= 0.3 is 22.4 Å². The first-order valence-electron chi connectivity index (χ1n) is 8.11. The molecule has 0 aliphatic rings. The predicted octanol–water partition coefficient (Wildman–Crippen LogP) is 1.58. The molecule has 12 heteroatoms. The number of pyridine rings is 1. The summed E-state index contributed by atoms with van der Waals surface area (Å²) in [6, 6.07) is 2.73. The van der Waals surface area contributed by atoms with Crippen LogP contribution in [0.4, 0.5) is 16.3 Å². The summed E-state index contributed by atoms with van der Waals surface area (Å²) in [4.78, 5) is 26.8. The second-order valence-corrected chi connectivity index (χ2v) is 7.55. The molecular formula is C16H24N4O7S. The smallest absolute Gasteiger partial charge is 0.407 e. The van der Waals surface area contributed by atoms with Gasteiger partial charge in [-0.15, -0.1) is 0 Å². The summed E-state index contributed by atoms with van der Waals surface area (Å²) in [6.07, 6.45) is 2.78. The molecule has 1 heterocycles. The van der Waals surface area contributed by atoms with Crippen molar-refractivity contribution in [3.8, 4) is 0 Å². The van der Waals surface area contributed by atoms with Crippen LogP contribution < -0.4 is 15.4 Å². The van der Waals surface area contributed by atoms with E-state index < -0.39 is 28.0 Å². The highest BCUT2D eigenvalue weighted by atomic mass is 32.2. The number of nitrogens with zero attached hydrogens (tertiary/aromatic N) is 1. The van der Waals surface area contributed by atoms with Gasteiger partial charge in [0.05, 0.1) is 12.8 Å². The van der Waals surface area contributed by atoms with E-state index in [4.69, 9.17) is 9.29 Å². The van der Waals surface area contributed by atoms with Crippen molar-refractivity contribution in [3.05, 3.63) is 30.0 Å². The van der Waals surface area contributed by atoms with Crippen LogP contribution in [0.1, 0.15) is 31.3 Å². The van der Waals surface area contributed by atoms with Crippen LogP contribution in [0.25, 0.3) is 0 Å². The van der Waals surface area contributed by atoms with Gasteiger partial charge in [-0.3, -0.25) is 4.55 Å². The Bertz CT molecular complexity index is 832. The molecule has 0 atom stereocenters. The fourth-order valence-corrected chi connectivity index (χ4v) is 2.21. The molecule has 1 rings (SSSR count). The molecule has 0 saturated carbocycles. The highest BCUT2D eigenvalue weighted by molar-refractivity contribution is 7.87. The average molecular weight is 416 g/mol. The maximum atomic E-state index is 11.5. The molecule has 1 aromatic rings. The van der Waals surface area contributed by atoms with Crippen LogP contribution in [0.2, 0.25) is 0 Å². The molecule has 0 aliphatic carbocycles. The highest BCUT2D eigenvalue weighted by Crippen LogP contribution is 2.21. The van der Waals surface area contributed by atoms with Crippen molar-refractivity contribution in [2.75, 3.05) is 30.2 Å². The highest BCUT2D eigenvalue weighted by Gasteiger charge is 2.16. The van der Waals surface area contributed by atoms with Crippen LogP contribution in [0, 0.1) is 0 Å². The molecule has 11 nitrogen and oxygen atoms in total. The third-order valence-electron chi connectivity index (χ3n) is 2.86. The Labute approximate surface area is 163 Å². The van der Waals surface area contributed by atoms with Crippen LogP contribution in [-0.2, 0) is 19.8 Å². The Morgan fingerprint density at radius 3 is 2.43 bits per heavy atom. The van der Waals surface area contributed by atoms with Crippen LogP contribution in [-0.4, -0.2) is 55.8 Å². The molecule has 1 amide bonds. The largest absolute Gasteiger partial charge is 0.464 e. The van der Waals surface area contributed by atoms with Crippen molar-refractivity contribution in [1.82, 2.24) is 10.3 Å². The maximum absolute atomic E-state index is 11.5. The number of anilines is 2. The normalized spacial score (nSPS) is 11.8. The standard InChI is InChI=1S/C16H24N4O7S/c1-16(2,3)27-15(22)18-10-6-5-9-17-11-7-8-12(14(21)26-4)19-13(11)20-28(23,24)25/h5-8,17H,9-10H2,1-4H3,(H,18,22)(H,19,20)(H,23,24,25)/b6-5+. The Morgan fingerprint density at radius 2 is 1.86 bits per heavy atom. The lowest BCUT2D eigenvalue weighted by atomic mass is 10.2. The summed E-state index contributed by atoms with van der Waals surface area (Å²) in [5.74, 6) is -1.04. The average Bonchev–Trinajstić information content (AvgIpc) is 2.55. The Balaban J connectivity index is 2.67. The first-order valence-corrected chi connectivity index (χ1v) is 9.55. The van der Waals surface area contributed by atoms with Crippen LogP contribution in [0.3, 0.4) is 0 Å². The lowest BCUT2D eigenvalue weighted by Gasteiger charge is -2.19. The molecule has 0 spiro atoms. The Morgan fingerprint density at radius 1 is 1.21 bits per heavy atom. The minimum Gasteiger partial charge on any atom is -0.464 e. The molecule has 0 saturated heterocycles. The van der Waals surface area contributed by atoms with Gasteiger partial charge in [-0.2, -0.15) is 8.42 Å². The number of esters is 1. The summed E-state index contributed by atoms with van der Waals surface area (Å²) in [5, 5.41) is 5.41. The molecule has 4 N–H and O–H groups in total. The fourth-order valence-electron chi connectivity index (χ4n) is 1.81. The van der Waals surface area contributed by atoms with Gasteiger partial charge in [0.1, 0.15) is 5.60 Å². The van der Waals surface area contributed by atoms with Gasteiger partial charge in [-0.25, -0.2) is 19.3 Å². The number of amides is 1. The zero-order valence-electron chi connectivity index (χ0n) is 16.0. The zero-order valence-corrected chi connectivity index (χ0v) is 16.8. The first kappa shape index (κ1) is 23.2. The molecule has 1 aromatic heterocycles. The van der Waals surface area contributed by atoms with Gasteiger partial charge < -0.3 is 20.1 Å². The van der Waals surface area contributed by atoms with E-state index in [1.54, 1.807) is 37.6 Å². The molecular weight excluding hydrogens is 392 g/mol. The quantitative estimate of drug-likeness (QED) is 0.281. The number of nitrogens with one attached hydrogen (secondary N) is 3. The van der Waals surface area contributed by atoms with Crippen LogP contribution >= 0.6 is 0 Å². The minimum absolute atomic E-state index is 0.142. The number of carbonyl (C=O) groups is 2. The van der Waals surface area contributed by atoms with E-state index in [0.717, 1.165) is 7.11 Å². The number of ether oxygens (including phenoxy) is 2. The van der Waals surface area contributed by atoms with E-state index in [1.807, 2.05) is 0 Å². The second kappa shape index (κ2) is 9.90. The minimum atomic E-state index is -4.60. The van der Waals surface area contributed by atoms with E-state index >= 15 is 0 Å². The van der Waals surface area contributed by atoms with E-state index in [-0.39, 0.29) is 30.3 Å².